The third kappa shape index (κ3) is 3.07. The SMILES string of the molecule is COc1cc(N)c2nc(OCc3ccc(Cl)cc3)ccc2c1. The highest BCUT2D eigenvalue weighted by Gasteiger charge is 2.06. The predicted octanol–water partition coefficient (Wildman–Crippen LogP) is 4.06. The molecule has 0 unspecified atom stereocenters. The number of rotatable bonds is 4. The molecule has 0 spiro atoms. The Morgan fingerprint density at radius 2 is 1.86 bits per heavy atom. The molecule has 1 heterocycles. The van der Waals surface area contributed by atoms with Crippen LogP contribution in [0.2, 0.25) is 5.02 Å². The summed E-state index contributed by atoms with van der Waals surface area (Å²) in [7, 11) is 1.61. The van der Waals surface area contributed by atoms with Gasteiger partial charge in [0.1, 0.15) is 12.4 Å². The Kier molecular flexibility index (Phi) is 4.02. The van der Waals surface area contributed by atoms with Crippen LogP contribution in [0.1, 0.15) is 5.56 Å². The van der Waals surface area contributed by atoms with Crippen molar-refractivity contribution in [1.29, 1.82) is 0 Å². The van der Waals surface area contributed by atoms with Gasteiger partial charge in [0.15, 0.2) is 0 Å². The fraction of sp³-hybridized carbons (Fsp3) is 0.118. The van der Waals surface area contributed by atoms with Crippen LogP contribution in [-0.4, -0.2) is 12.1 Å². The smallest absolute Gasteiger partial charge is 0.214 e. The van der Waals surface area contributed by atoms with Gasteiger partial charge in [-0.2, -0.15) is 0 Å². The lowest BCUT2D eigenvalue weighted by molar-refractivity contribution is 0.295. The second-order valence-electron chi connectivity index (χ2n) is 4.85. The minimum atomic E-state index is 0.422. The Morgan fingerprint density at radius 3 is 2.59 bits per heavy atom. The number of ether oxygens (including phenoxy) is 2. The number of hydrogen-bond donors (Lipinski definition) is 1. The zero-order valence-electron chi connectivity index (χ0n) is 12.0. The van der Waals surface area contributed by atoms with Crippen molar-refractivity contribution >= 4 is 28.2 Å². The number of halogens is 1. The molecule has 2 N–H and O–H groups in total. The zero-order valence-corrected chi connectivity index (χ0v) is 12.8. The highest BCUT2D eigenvalue weighted by molar-refractivity contribution is 6.30. The van der Waals surface area contributed by atoms with Crippen LogP contribution in [0.4, 0.5) is 5.69 Å². The van der Waals surface area contributed by atoms with Crippen molar-refractivity contribution in [3.8, 4) is 11.6 Å². The maximum Gasteiger partial charge on any atom is 0.214 e. The molecule has 2 aromatic carbocycles. The first-order valence-electron chi connectivity index (χ1n) is 6.77. The highest BCUT2D eigenvalue weighted by atomic mass is 35.5. The van der Waals surface area contributed by atoms with Crippen LogP contribution < -0.4 is 15.2 Å². The first-order valence-corrected chi connectivity index (χ1v) is 7.15. The van der Waals surface area contributed by atoms with Crippen molar-refractivity contribution < 1.29 is 9.47 Å². The van der Waals surface area contributed by atoms with E-state index >= 15 is 0 Å². The third-order valence-electron chi connectivity index (χ3n) is 3.31. The van der Waals surface area contributed by atoms with Crippen LogP contribution in [0.3, 0.4) is 0 Å². The molecule has 3 rings (SSSR count). The highest BCUT2D eigenvalue weighted by Crippen LogP contribution is 2.27. The number of aromatic nitrogens is 1. The summed E-state index contributed by atoms with van der Waals surface area (Å²) < 4.78 is 10.9. The van der Waals surface area contributed by atoms with Gasteiger partial charge in [0.2, 0.25) is 5.88 Å². The lowest BCUT2D eigenvalue weighted by atomic mass is 10.2. The van der Waals surface area contributed by atoms with Crippen molar-refractivity contribution in [2.75, 3.05) is 12.8 Å². The molecule has 0 saturated heterocycles. The Bertz CT molecular complexity index is 804. The number of benzene rings is 2. The van der Waals surface area contributed by atoms with E-state index in [4.69, 9.17) is 26.8 Å². The van der Waals surface area contributed by atoms with Gasteiger partial charge >= 0.3 is 0 Å². The van der Waals surface area contributed by atoms with E-state index in [1.807, 2.05) is 42.5 Å². The van der Waals surface area contributed by atoms with E-state index in [-0.39, 0.29) is 0 Å². The Hall–Kier alpha value is -2.46. The summed E-state index contributed by atoms with van der Waals surface area (Å²) in [6.07, 6.45) is 0. The second-order valence-corrected chi connectivity index (χ2v) is 5.29. The quantitative estimate of drug-likeness (QED) is 0.738. The van der Waals surface area contributed by atoms with E-state index in [9.17, 15) is 0 Å². The average molecular weight is 315 g/mol. The summed E-state index contributed by atoms with van der Waals surface area (Å²) >= 11 is 5.86. The lowest BCUT2D eigenvalue weighted by Crippen LogP contribution is -1.98. The van der Waals surface area contributed by atoms with E-state index in [0.29, 0.717) is 34.5 Å². The number of hydrogen-bond acceptors (Lipinski definition) is 4. The van der Waals surface area contributed by atoms with E-state index in [0.717, 1.165) is 10.9 Å². The molecule has 0 radical (unpaired) electrons. The largest absolute Gasteiger partial charge is 0.497 e. The van der Waals surface area contributed by atoms with Crippen LogP contribution in [0.25, 0.3) is 10.9 Å². The molecule has 0 bridgehead atoms. The predicted molar refractivity (Wildman–Crippen MR) is 88.5 cm³/mol. The van der Waals surface area contributed by atoms with Crippen LogP contribution in [0.15, 0.2) is 48.5 Å². The number of anilines is 1. The second kappa shape index (κ2) is 6.12. The maximum atomic E-state index is 6.01. The fourth-order valence-electron chi connectivity index (χ4n) is 2.15. The van der Waals surface area contributed by atoms with Crippen LogP contribution in [-0.2, 0) is 6.61 Å². The normalized spacial score (nSPS) is 10.6. The molecule has 4 nitrogen and oxygen atoms in total. The van der Waals surface area contributed by atoms with Crippen molar-refractivity contribution in [3.05, 3.63) is 59.1 Å². The van der Waals surface area contributed by atoms with Crippen molar-refractivity contribution in [2.24, 2.45) is 0 Å². The van der Waals surface area contributed by atoms with Gasteiger partial charge in [-0.1, -0.05) is 23.7 Å². The summed E-state index contributed by atoms with van der Waals surface area (Å²) in [6, 6.07) is 14.9. The molecular weight excluding hydrogens is 300 g/mol. The zero-order chi connectivity index (χ0) is 15.5. The van der Waals surface area contributed by atoms with Gasteiger partial charge in [0, 0.05) is 22.5 Å². The molecule has 0 fully saturated rings. The van der Waals surface area contributed by atoms with Gasteiger partial charge in [-0.05, 0) is 29.8 Å². The summed E-state index contributed by atoms with van der Waals surface area (Å²) in [5.74, 6) is 1.24. The summed E-state index contributed by atoms with van der Waals surface area (Å²) in [4.78, 5) is 4.45. The van der Waals surface area contributed by atoms with Gasteiger partial charge < -0.3 is 15.2 Å². The molecule has 0 aliphatic carbocycles. The molecule has 1 aromatic heterocycles. The summed E-state index contributed by atoms with van der Waals surface area (Å²) in [5.41, 5.74) is 8.30. The molecule has 5 heteroatoms. The monoisotopic (exact) mass is 314 g/mol. The summed E-state index contributed by atoms with van der Waals surface area (Å²) in [6.45, 7) is 0.422. The molecule has 0 amide bonds. The number of nitrogen functional groups attached to an aromatic ring is 1. The minimum absolute atomic E-state index is 0.422. The Morgan fingerprint density at radius 1 is 1.09 bits per heavy atom. The molecule has 0 aliphatic heterocycles. The molecule has 0 saturated carbocycles. The van der Waals surface area contributed by atoms with Crippen LogP contribution in [0, 0.1) is 0 Å². The number of fused-ring (bicyclic) bond motifs is 1. The van der Waals surface area contributed by atoms with Crippen molar-refractivity contribution in [3.63, 3.8) is 0 Å². The van der Waals surface area contributed by atoms with Gasteiger partial charge in [-0.25, -0.2) is 4.98 Å². The molecule has 112 valence electrons. The van der Waals surface area contributed by atoms with E-state index in [1.165, 1.54) is 0 Å². The van der Waals surface area contributed by atoms with Gasteiger partial charge in [-0.3, -0.25) is 0 Å². The topological polar surface area (TPSA) is 57.4 Å². The van der Waals surface area contributed by atoms with Crippen molar-refractivity contribution in [2.45, 2.75) is 6.61 Å². The minimum Gasteiger partial charge on any atom is -0.497 e. The Labute approximate surface area is 133 Å². The number of methoxy groups -OCH3 is 1. The third-order valence-corrected chi connectivity index (χ3v) is 3.56. The van der Waals surface area contributed by atoms with Crippen LogP contribution in [0.5, 0.6) is 11.6 Å². The Balaban J connectivity index is 1.82. The molecule has 3 aromatic rings. The fourth-order valence-corrected chi connectivity index (χ4v) is 2.28. The molecule has 0 atom stereocenters. The van der Waals surface area contributed by atoms with E-state index < -0.39 is 0 Å². The number of nitrogens with two attached hydrogens (primary N) is 1. The molecule has 0 aliphatic rings. The van der Waals surface area contributed by atoms with Gasteiger partial charge in [-0.15, -0.1) is 0 Å². The van der Waals surface area contributed by atoms with Gasteiger partial charge in [0.25, 0.3) is 0 Å². The lowest BCUT2D eigenvalue weighted by Gasteiger charge is -2.09. The van der Waals surface area contributed by atoms with Gasteiger partial charge in [0.05, 0.1) is 18.3 Å². The number of nitrogens with zero attached hydrogens (tertiary/aromatic N) is 1. The number of pyridine rings is 1. The van der Waals surface area contributed by atoms with Crippen molar-refractivity contribution in [1.82, 2.24) is 4.98 Å². The molecule has 22 heavy (non-hydrogen) atoms. The first-order chi connectivity index (χ1) is 10.7. The maximum absolute atomic E-state index is 6.01. The van der Waals surface area contributed by atoms with Crippen LogP contribution >= 0.6 is 11.6 Å². The average Bonchev–Trinajstić information content (AvgIpc) is 2.54. The molecular formula is C17H15ClN2O2. The summed E-state index contributed by atoms with van der Waals surface area (Å²) in [5, 5.41) is 1.62. The van der Waals surface area contributed by atoms with E-state index in [1.54, 1.807) is 13.2 Å². The first kappa shape index (κ1) is 14.5. The van der Waals surface area contributed by atoms with E-state index in [2.05, 4.69) is 4.98 Å². The standard InChI is InChI=1S/C17H15ClN2O2/c1-21-14-8-12-4-7-16(20-17(12)15(19)9-14)22-10-11-2-5-13(18)6-3-11/h2-9H,10,19H2,1H3.